The highest BCUT2D eigenvalue weighted by atomic mass is 16.5. The van der Waals surface area contributed by atoms with Crippen molar-refractivity contribution < 1.29 is 4.74 Å². The second-order valence-electron chi connectivity index (χ2n) is 4.94. The van der Waals surface area contributed by atoms with Crippen molar-refractivity contribution in [1.82, 2.24) is 4.98 Å². The Morgan fingerprint density at radius 3 is 2.43 bits per heavy atom. The summed E-state index contributed by atoms with van der Waals surface area (Å²) in [5.41, 5.74) is 4.72. The van der Waals surface area contributed by atoms with Crippen LogP contribution < -0.4 is 4.74 Å². The molecule has 0 saturated heterocycles. The second-order valence-corrected chi connectivity index (χ2v) is 4.94. The SMILES string of the molecule is COc1ccc(Cc2cccc(-c3ccccn3)c2)cc1. The molecule has 0 N–H and O–H groups in total. The first-order valence-corrected chi connectivity index (χ1v) is 6.98. The molecular weight excluding hydrogens is 258 g/mol. The molecule has 0 atom stereocenters. The van der Waals surface area contributed by atoms with Crippen LogP contribution in [-0.2, 0) is 6.42 Å². The lowest BCUT2D eigenvalue weighted by molar-refractivity contribution is 0.414. The van der Waals surface area contributed by atoms with Crippen LogP contribution in [0.15, 0.2) is 72.9 Å². The number of hydrogen-bond acceptors (Lipinski definition) is 2. The molecule has 0 aliphatic heterocycles. The van der Waals surface area contributed by atoms with Crippen molar-refractivity contribution in [3.05, 3.63) is 84.1 Å². The first kappa shape index (κ1) is 13.4. The van der Waals surface area contributed by atoms with E-state index in [1.54, 1.807) is 7.11 Å². The van der Waals surface area contributed by atoms with E-state index in [-0.39, 0.29) is 0 Å². The van der Waals surface area contributed by atoms with Crippen molar-refractivity contribution in [2.75, 3.05) is 7.11 Å². The van der Waals surface area contributed by atoms with Gasteiger partial charge in [0.05, 0.1) is 12.8 Å². The Balaban J connectivity index is 1.83. The van der Waals surface area contributed by atoms with Gasteiger partial charge in [0, 0.05) is 11.8 Å². The van der Waals surface area contributed by atoms with E-state index in [9.17, 15) is 0 Å². The molecule has 0 amide bonds. The molecule has 21 heavy (non-hydrogen) atoms. The Labute approximate surface area is 125 Å². The highest BCUT2D eigenvalue weighted by Crippen LogP contribution is 2.20. The maximum atomic E-state index is 5.19. The monoisotopic (exact) mass is 275 g/mol. The number of benzene rings is 2. The Morgan fingerprint density at radius 2 is 1.71 bits per heavy atom. The van der Waals surface area contributed by atoms with Crippen LogP contribution in [0.5, 0.6) is 5.75 Å². The summed E-state index contributed by atoms with van der Waals surface area (Å²) in [5.74, 6) is 0.890. The van der Waals surface area contributed by atoms with Crippen molar-refractivity contribution >= 4 is 0 Å². The van der Waals surface area contributed by atoms with Crippen LogP contribution in [0, 0.1) is 0 Å². The van der Waals surface area contributed by atoms with Crippen LogP contribution in [0.2, 0.25) is 0 Å². The van der Waals surface area contributed by atoms with Crippen LogP contribution in [-0.4, -0.2) is 12.1 Å². The molecule has 0 radical (unpaired) electrons. The van der Waals surface area contributed by atoms with E-state index in [1.807, 2.05) is 36.5 Å². The third-order valence-corrected chi connectivity index (χ3v) is 3.45. The molecular formula is C19H17NO. The summed E-state index contributed by atoms with van der Waals surface area (Å²) in [5, 5.41) is 0. The Kier molecular flexibility index (Phi) is 3.97. The molecule has 3 rings (SSSR count). The first-order chi connectivity index (χ1) is 10.3. The molecule has 0 saturated carbocycles. The van der Waals surface area contributed by atoms with Gasteiger partial charge in [-0.05, 0) is 47.9 Å². The van der Waals surface area contributed by atoms with Crippen LogP contribution in [0.3, 0.4) is 0 Å². The fourth-order valence-corrected chi connectivity index (χ4v) is 2.35. The Hall–Kier alpha value is -2.61. The summed E-state index contributed by atoms with van der Waals surface area (Å²) in [6, 6.07) is 22.7. The van der Waals surface area contributed by atoms with Gasteiger partial charge in [-0.25, -0.2) is 0 Å². The van der Waals surface area contributed by atoms with Gasteiger partial charge >= 0.3 is 0 Å². The van der Waals surface area contributed by atoms with Crippen molar-refractivity contribution in [3.63, 3.8) is 0 Å². The quantitative estimate of drug-likeness (QED) is 0.706. The first-order valence-electron chi connectivity index (χ1n) is 6.98. The minimum atomic E-state index is 0.890. The average Bonchev–Trinajstić information content (AvgIpc) is 2.57. The van der Waals surface area contributed by atoms with Crippen LogP contribution in [0.25, 0.3) is 11.3 Å². The number of hydrogen-bond donors (Lipinski definition) is 0. The highest BCUT2D eigenvalue weighted by molar-refractivity contribution is 5.59. The zero-order chi connectivity index (χ0) is 14.5. The van der Waals surface area contributed by atoms with Crippen molar-refractivity contribution in [1.29, 1.82) is 0 Å². The van der Waals surface area contributed by atoms with Crippen molar-refractivity contribution in [3.8, 4) is 17.0 Å². The number of rotatable bonds is 4. The summed E-state index contributed by atoms with van der Waals surface area (Å²) < 4.78 is 5.19. The van der Waals surface area contributed by atoms with Crippen LogP contribution in [0.1, 0.15) is 11.1 Å². The Bertz CT molecular complexity index is 705. The van der Waals surface area contributed by atoms with E-state index in [2.05, 4.69) is 41.4 Å². The van der Waals surface area contributed by atoms with Gasteiger partial charge in [0.1, 0.15) is 5.75 Å². The molecule has 0 aliphatic rings. The predicted molar refractivity (Wildman–Crippen MR) is 85.5 cm³/mol. The van der Waals surface area contributed by atoms with E-state index in [0.29, 0.717) is 0 Å². The van der Waals surface area contributed by atoms with Crippen LogP contribution in [0.4, 0.5) is 0 Å². The molecule has 2 nitrogen and oxygen atoms in total. The topological polar surface area (TPSA) is 22.1 Å². The molecule has 0 unspecified atom stereocenters. The summed E-state index contributed by atoms with van der Waals surface area (Å²) in [4.78, 5) is 4.40. The van der Waals surface area contributed by atoms with Gasteiger partial charge in [0.15, 0.2) is 0 Å². The van der Waals surface area contributed by atoms with Gasteiger partial charge in [0.2, 0.25) is 0 Å². The largest absolute Gasteiger partial charge is 0.497 e. The molecule has 104 valence electrons. The van der Waals surface area contributed by atoms with Gasteiger partial charge in [-0.3, -0.25) is 4.98 Å². The lowest BCUT2D eigenvalue weighted by Gasteiger charge is -2.06. The van der Waals surface area contributed by atoms with E-state index in [1.165, 1.54) is 11.1 Å². The van der Waals surface area contributed by atoms with Gasteiger partial charge in [0.25, 0.3) is 0 Å². The lowest BCUT2D eigenvalue weighted by Crippen LogP contribution is -1.90. The fraction of sp³-hybridized carbons (Fsp3) is 0.105. The van der Waals surface area contributed by atoms with Gasteiger partial charge in [-0.2, -0.15) is 0 Å². The van der Waals surface area contributed by atoms with E-state index in [4.69, 9.17) is 4.74 Å². The molecule has 3 aromatic rings. The van der Waals surface area contributed by atoms with E-state index in [0.717, 1.165) is 23.4 Å². The minimum absolute atomic E-state index is 0.890. The second kappa shape index (κ2) is 6.23. The van der Waals surface area contributed by atoms with Gasteiger partial charge in [-0.15, -0.1) is 0 Å². The predicted octanol–water partition coefficient (Wildman–Crippen LogP) is 4.35. The number of aromatic nitrogens is 1. The molecule has 2 aromatic carbocycles. The summed E-state index contributed by atoms with van der Waals surface area (Å²) >= 11 is 0. The zero-order valence-corrected chi connectivity index (χ0v) is 12.0. The maximum absolute atomic E-state index is 5.19. The average molecular weight is 275 g/mol. The molecule has 0 bridgehead atoms. The smallest absolute Gasteiger partial charge is 0.118 e. The van der Waals surface area contributed by atoms with Crippen molar-refractivity contribution in [2.45, 2.75) is 6.42 Å². The minimum Gasteiger partial charge on any atom is -0.497 e. The summed E-state index contributed by atoms with van der Waals surface area (Å²) in [6.45, 7) is 0. The third-order valence-electron chi connectivity index (χ3n) is 3.45. The molecule has 0 aliphatic carbocycles. The summed E-state index contributed by atoms with van der Waals surface area (Å²) in [7, 11) is 1.69. The van der Waals surface area contributed by atoms with E-state index >= 15 is 0 Å². The van der Waals surface area contributed by atoms with E-state index < -0.39 is 0 Å². The highest BCUT2D eigenvalue weighted by Gasteiger charge is 2.01. The summed E-state index contributed by atoms with van der Waals surface area (Å²) in [6.07, 6.45) is 2.73. The molecule has 2 heteroatoms. The third kappa shape index (κ3) is 3.29. The number of ether oxygens (including phenoxy) is 1. The zero-order valence-electron chi connectivity index (χ0n) is 12.0. The standard InChI is InChI=1S/C19H17NO/c1-21-18-10-8-15(9-11-18)13-16-5-4-6-17(14-16)19-7-2-3-12-20-19/h2-12,14H,13H2,1H3. The number of pyridine rings is 1. The molecule has 1 aromatic heterocycles. The number of nitrogens with zero attached hydrogens (tertiary/aromatic N) is 1. The lowest BCUT2D eigenvalue weighted by atomic mass is 10.0. The number of methoxy groups -OCH3 is 1. The maximum Gasteiger partial charge on any atom is 0.118 e. The van der Waals surface area contributed by atoms with Crippen LogP contribution >= 0.6 is 0 Å². The molecule has 1 heterocycles. The molecule has 0 spiro atoms. The molecule has 0 fully saturated rings. The van der Waals surface area contributed by atoms with Crippen molar-refractivity contribution in [2.24, 2.45) is 0 Å². The normalized spacial score (nSPS) is 10.3. The Morgan fingerprint density at radius 1 is 0.857 bits per heavy atom. The fourth-order valence-electron chi connectivity index (χ4n) is 2.35. The van der Waals surface area contributed by atoms with Gasteiger partial charge < -0.3 is 4.74 Å². The van der Waals surface area contributed by atoms with Gasteiger partial charge in [-0.1, -0.05) is 36.4 Å².